The van der Waals surface area contributed by atoms with Crippen LogP contribution in [0.1, 0.15) is 16.8 Å². The second-order valence-corrected chi connectivity index (χ2v) is 8.09. The van der Waals surface area contributed by atoms with Crippen LogP contribution in [0.15, 0.2) is 66.4 Å². The van der Waals surface area contributed by atoms with Crippen molar-refractivity contribution in [3.8, 4) is 5.75 Å². The third kappa shape index (κ3) is 4.83. The summed E-state index contributed by atoms with van der Waals surface area (Å²) in [5.74, 6) is -0.698. The van der Waals surface area contributed by atoms with Crippen molar-refractivity contribution >= 4 is 41.2 Å². The van der Waals surface area contributed by atoms with E-state index in [-0.39, 0.29) is 11.3 Å². The van der Waals surface area contributed by atoms with Gasteiger partial charge in [0, 0.05) is 16.9 Å². The van der Waals surface area contributed by atoms with E-state index in [9.17, 15) is 14.4 Å². The lowest BCUT2D eigenvalue weighted by atomic mass is 10.1. The second-order valence-electron chi connectivity index (χ2n) is 7.68. The molecule has 0 atom stereocenters. The van der Waals surface area contributed by atoms with Gasteiger partial charge in [-0.15, -0.1) is 0 Å². The van der Waals surface area contributed by atoms with E-state index in [1.807, 2.05) is 54.9 Å². The van der Waals surface area contributed by atoms with Crippen molar-refractivity contribution in [1.82, 2.24) is 9.88 Å². The highest BCUT2D eigenvalue weighted by molar-refractivity contribution is 6.39. The maximum atomic E-state index is 13.1. The molecular formula is C25H22ClN3O4. The fraction of sp³-hybridized carbons (Fsp3) is 0.160. The molecule has 1 aliphatic rings. The van der Waals surface area contributed by atoms with Crippen molar-refractivity contribution in [1.29, 1.82) is 0 Å². The maximum Gasteiger partial charge on any atom is 0.335 e. The number of carbonyl (C=O) groups is 3. The number of hydrogen-bond acceptors (Lipinski definition) is 4. The second kappa shape index (κ2) is 9.34. The third-order valence-corrected chi connectivity index (χ3v) is 5.70. The van der Waals surface area contributed by atoms with Crippen molar-refractivity contribution in [2.45, 2.75) is 20.4 Å². The van der Waals surface area contributed by atoms with Crippen LogP contribution < -0.4 is 15.0 Å². The molecule has 1 N–H and O–H groups in total. The quantitative estimate of drug-likeness (QED) is 0.431. The van der Waals surface area contributed by atoms with Gasteiger partial charge in [0.15, 0.2) is 0 Å². The zero-order chi connectivity index (χ0) is 23.5. The average Bonchev–Trinajstić information content (AvgIpc) is 3.22. The smallest absolute Gasteiger partial charge is 0.335 e. The predicted molar refractivity (Wildman–Crippen MR) is 126 cm³/mol. The van der Waals surface area contributed by atoms with Crippen LogP contribution in [0.25, 0.3) is 6.08 Å². The van der Waals surface area contributed by atoms with Gasteiger partial charge >= 0.3 is 6.03 Å². The Morgan fingerprint density at radius 1 is 1.03 bits per heavy atom. The first-order valence-electron chi connectivity index (χ1n) is 10.4. The van der Waals surface area contributed by atoms with E-state index < -0.39 is 17.8 Å². The first-order chi connectivity index (χ1) is 15.8. The lowest BCUT2D eigenvalue weighted by Crippen LogP contribution is -2.54. The van der Waals surface area contributed by atoms with Gasteiger partial charge in [-0.05, 0) is 61.9 Å². The van der Waals surface area contributed by atoms with Crippen LogP contribution in [-0.2, 0) is 16.1 Å². The summed E-state index contributed by atoms with van der Waals surface area (Å²) in [6.07, 6.45) is 3.30. The van der Waals surface area contributed by atoms with Crippen LogP contribution in [-0.4, -0.2) is 29.0 Å². The van der Waals surface area contributed by atoms with Crippen molar-refractivity contribution < 1.29 is 19.1 Å². The number of aryl methyl sites for hydroxylation is 2. The first kappa shape index (κ1) is 22.4. The summed E-state index contributed by atoms with van der Waals surface area (Å²) in [4.78, 5) is 38.9. The van der Waals surface area contributed by atoms with Crippen LogP contribution in [0, 0.1) is 13.8 Å². The molecule has 0 unspecified atom stereocenters. The average molecular weight is 464 g/mol. The summed E-state index contributed by atoms with van der Waals surface area (Å²) in [6, 6.07) is 15.4. The highest BCUT2D eigenvalue weighted by Gasteiger charge is 2.37. The molecule has 33 heavy (non-hydrogen) atoms. The van der Waals surface area contributed by atoms with Gasteiger partial charge in [0.2, 0.25) is 0 Å². The van der Waals surface area contributed by atoms with Gasteiger partial charge < -0.3 is 9.30 Å². The number of nitrogens with zero attached hydrogens (tertiary/aromatic N) is 2. The fourth-order valence-corrected chi connectivity index (χ4v) is 3.59. The highest BCUT2D eigenvalue weighted by atomic mass is 35.5. The summed E-state index contributed by atoms with van der Waals surface area (Å²) < 4.78 is 7.64. The molecule has 1 saturated heterocycles. The number of halogens is 1. The van der Waals surface area contributed by atoms with Crippen molar-refractivity contribution in [3.63, 3.8) is 0 Å². The summed E-state index contributed by atoms with van der Waals surface area (Å²) in [7, 11) is 0. The Bertz CT molecular complexity index is 1260. The molecule has 7 nitrogen and oxygen atoms in total. The summed E-state index contributed by atoms with van der Waals surface area (Å²) in [5, 5.41) is 2.64. The molecule has 0 radical (unpaired) electrons. The Labute approximate surface area is 196 Å². The summed E-state index contributed by atoms with van der Waals surface area (Å²) in [6.45, 7) is 4.73. The minimum absolute atomic E-state index is 0.147. The maximum absolute atomic E-state index is 13.1. The number of ether oxygens (including phenoxy) is 1. The number of rotatable bonds is 6. The van der Waals surface area contributed by atoms with Gasteiger partial charge in [-0.1, -0.05) is 35.4 Å². The Kier molecular flexibility index (Phi) is 6.33. The van der Waals surface area contributed by atoms with Gasteiger partial charge in [0.1, 0.15) is 17.9 Å². The molecule has 0 aliphatic carbocycles. The molecule has 0 bridgehead atoms. The molecule has 8 heteroatoms. The molecular weight excluding hydrogens is 442 g/mol. The number of imide groups is 2. The van der Waals surface area contributed by atoms with Gasteiger partial charge in [-0.2, -0.15) is 0 Å². The Morgan fingerprint density at radius 2 is 1.79 bits per heavy atom. The van der Waals surface area contributed by atoms with E-state index in [0.29, 0.717) is 23.9 Å². The van der Waals surface area contributed by atoms with E-state index in [1.165, 1.54) is 12.1 Å². The first-order valence-corrected chi connectivity index (χ1v) is 10.7. The van der Waals surface area contributed by atoms with Crippen molar-refractivity contribution in [2.75, 3.05) is 11.5 Å². The molecule has 2 aromatic carbocycles. The molecule has 1 aromatic heterocycles. The molecule has 1 fully saturated rings. The number of barbiturate groups is 1. The lowest BCUT2D eigenvalue weighted by molar-refractivity contribution is -0.122. The topological polar surface area (TPSA) is 80.6 Å². The number of carbonyl (C=O) groups excluding carboxylic acids is 3. The SMILES string of the molecule is Cc1ccc(OCCn2cccc2C=C2C(=O)NC(=O)N(c3ccc(C)c(Cl)c3)C2=O)cc1. The largest absolute Gasteiger partial charge is 0.492 e. The van der Waals surface area contributed by atoms with Gasteiger partial charge in [-0.3, -0.25) is 14.9 Å². The van der Waals surface area contributed by atoms with E-state index in [0.717, 1.165) is 21.8 Å². The van der Waals surface area contributed by atoms with Crippen LogP contribution in [0.2, 0.25) is 5.02 Å². The van der Waals surface area contributed by atoms with E-state index >= 15 is 0 Å². The van der Waals surface area contributed by atoms with Crippen LogP contribution >= 0.6 is 11.6 Å². The number of urea groups is 1. The molecule has 0 saturated carbocycles. The molecule has 0 spiro atoms. The molecule has 2 heterocycles. The number of benzene rings is 2. The number of nitrogens with one attached hydrogen (secondary N) is 1. The van der Waals surface area contributed by atoms with E-state index in [1.54, 1.807) is 18.2 Å². The summed E-state index contributed by atoms with van der Waals surface area (Å²) >= 11 is 6.16. The standard InChI is InChI=1S/C25H22ClN3O4/c1-16-5-9-20(10-6-16)33-13-12-28-11-3-4-18(28)14-21-23(30)27-25(32)29(24(21)31)19-8-7-17(2)22(26)15-19/h3-11,14-15H,12-13H2,1-2H3,(H,27,30,32). The number of anilines is 1. The van der Waals surface area contributed by atoms with Crippen molar-refractivity contribution in [3.05, 3.63) is 88.2 Å². The fourth-order valence-electron chi connectivity index (χ4n) is 3.42. The van der Waals surface area contributed by atoms with Gasteiger partial charge in [0.05, 0.1) is 12.2 Å². The van der Waals surface area contributed by atoms with Crippen LogP contribution in [0.5, 0.6) is 5.75 Å². The molecule has 4 amide bonds. The summed E-state index contributed by atoms with van der Waals surface area (Å²) in [5.41, 5.74) is 2.73. The Balaban J connectivity index is 1.54. The zero-order valence-corrected chi connectivity index (χ0v) is 18.9. The number of aromatic nitrogens is 1. The van der Waals surface area contributed by atoms with E-state index in [4.69, 9.17) is 16.3 Å². The molecule has 168 valence electrons. The molecule has 4 rings (SSSR count). The monoisotopic (exact) mass is 463 g/mol. The zero-order valence-electron chi connectivity index (χ0n) is 18.2. The minimum Gasteiger partial charge on any atom is -0.492 e. The predicted octanol–water partition coefficient (Wildman–Crippen LogP) is 4.50. The van der Waals surface area contributed by atoms with E-state index in [2.05, 4.69) is 5.32 Å². The molecule has 3 aromatic rings. The van der Waals surface area contributed by atoms with Gasteiger partial charge in [0.25, 0.3) is 11.8 Å². The van der Waals surface area contributed by atoms with Gasteiger partial charge in [-0.25, -0.2) is 9.69 Å². The number of hydrogen-bond donors (Lipinski definition) is 1. The van der Waals surface area contributed by atoms with Crippen LogP contribution in [0.4, 0.5) is 10.5 Å². The van der Waals surface area contributed by atoms with Crippen molar-refractivity contribution in [2.24, 2.45) is 0 Å². The third-order valence-electron chi connectivity index (χ3n) is 5.29. The lowest BCUT2D eigenvalue weighted by Gasteiger charge is -2.26. The highest BCUT2D eigenvalue weighted by Crippen LogP contribution is 2.26. The molecule has 1 aliphatic heterocycles. The Hall–Kier alpha value is -3.84. The normalized spacial score (nSPS) is 15.2. The number of amides is 4. The minimum atomic E-state index is -0.816. The Morgan fingerprint density at radius 3 is 2.52 bits per heavy atom. The van der Waals surface area contributed by atoms with Crippen LogP contribution in [0.3, 0.4) is 0 Å².